The van der Waals surface area contributed by atoms with E-state index in [-0.39, 0.29) is 5.91 Å². The Morgan fingerprint density at radius 1 is 1.59 bits per heavy atom. The quantitative estimate of drug-likeness (QED) is 0.914. The van der Waals surface area contributed by atoms with Gasteiger partial charge >= 0.3 is 0 Å². The van der Waals surface area contributed by atoms with Gasteiger partial charge in [0.25, 0.3) is 5.91 Å². The number of rotatable bonds is 3. The number of thiophene rings is 1. The Bertz CT molecular complexity index is 541. The van der Waals surface area contributed by atoms with Gasteiger partial charge in [-0.15, -0.1) is 11.3 Å². The lowest BCUT2D eigenvalue weighted by atomic mass is 10.2. The van der Waals surface area contributed by atoms with Gasteiger partial charge in [-0.1, -0.05) is 0 Å². The SMILES string of the molecule is Nc1cnccc1C(=O)NCc1cc(Br)cs1. The molecule has 0 bridgehead atoms. The Hall–Kier alpha value is -1.40. The lowest BCUT2D eigenvalue weighted by Crippen LogP contribution is -2.23. The summed E-state index contributed by atoms with van der Waals surface area (Å²) in [5.74, 6) is -0.186. The fraction of sp³-hybridized carbons (Fsp3) is 0.0909. The lowest BCUT2D eigenvalue weighted by Gasteiger charge is -2.05. The Labute approximate surface area is 111 Å². The van der Waals surface area contributed by atoms with Gasteiger partial charge < -0.3 is 11.1 Å². The van der Waals surface area contributed by atoms with E-state index in [1.165, 1.54) is 6.20 Å². The molecule has 0 fully saturated rings. The topological polar surface area (TPSA) is 68.0 Å². The Morgan fingerprint density at radius 3 is 3.06 bits per heavy atom. The van der Waals surface area contributed by atoms with Gasteiger partial charge in [0.1, 0.15) is 0 Å². The second-order valence-corrected chi connectivity index (χ2v) is 5.29. The summed E-state index contributed by atoms with van der Waals surface area (Å²) in [4.78, 5) is 16.7. The minimum Gasteiger partial charge on any atom is -0.397 e. The summed E-state index contributed by atoms with van der Waals surface area (Å²) >= 11 is 4.95. The van der Waals surface area contributed by atoms with Crippen molar-refractivity contribution in [2.45, 2.75) is 6.54 Å². The van der Waals surface area contributed by atoms with Gasteiger partial charge in [-0.2, -0.15) is 0 Å². The number of nitrogens with two attached hydrogens (primary N) is 1. The number of nitrogens with zero attached hydrogens (tertiary/aromatic N) is 1. The Balaban J connectivity index is 2.01. The summed E-state index contributed by atoms with van der Waals surface area (Å²) in [5, 5.41) is 4.79. The highest BCUT2D eigenvalue weighted by atomic mass is 79.9. The summed E-state index contributed by atoms with van der Waals surface area (Å²) in [6.45, 7) is 0.497. The molecule has 0 atom stereocenters. The smallest absolute Gasteiger partial charge is 0.253 e. The molecule has 0 saturated carbocycles. The van der Waals surface area contributed by atoms with E-state index in [9.17, 15) is 4.79 Å². The van der Waals surface area contributed by atoms with E-state index in [0.29, 0.717) is 17.8 Å². The zero-order chi connectivity index (χ0) is 12.3. The molecule has 0 aliphatic rings. The normalized spacial score (nSPS) is 10.2. The van der Waals surface area contributed by atoms with Gasteiger partial charge in [-0.05, 0) is 28.1 Å². The van der Waals surface area contributed by atoms with Gasteiger partial charge in [0.2, 0.25) is 0 Å². The highest BCUT2D eigenvalue weighted by Crippen LogP contribution is 2.19. The molecule has 0 unspecified atom stereocenters. The maximum Gasteiger partial charge on any atom is 0.253 e. The summed E-state index contributed by atoms with van der Waals surface area (Å²) in [7, 11) is 0. The number of carbonyl (C=O) groups is 1. The number of hydrogen-bond acceptors (Lipinski definition) is 4. The number of carbonyl (C=O) groups excluding carboxylic acids is 1. The van der Waals surface area contributed by atoms with Crippen molar-refractivity contribution in [3.8, 4) is 0 Å². The number of pyridine rings is 1. The van der Waals surface area contributed by atoms with Crippen molar-refractivity contribution in [1.29, 1.82) is 0 Å². The Morgan fingerprint density at radius 2 is 2.41 bits per heavy atom. The van der Waals surface area contributed by atoms with E-state index in [2.05, 4.69) is 26.2 Å². The van der Waals surface area contributed by atoms with Crippen LogP contribution in [0.1, 0.15) is 15.2 Å². The van der Waals surface area contributed by atoms with Crippen molar-refractivity contribution in [1.82, 2.24) is 10.3 Å². The lowest BCUT2D eigenvalue weighted by molar-refractivity contribution is 0.0952. The molecule has 0 aliphatic carbocycles. The van der Waals surface area contributed by atoms with E-state index in [0.717, 1.165) is 9.35 Å². The monoisotopic (exact) mass is 311 g/mol. The first-order valence-corrected chi connectivity index (χ1v) is 6.54. The summed E-state index contributed by atoms with van der Waals surface area (Å²) in [6, 6.07) is 3.58. The van der Waals surface area contributed by atoms with Crippen LogP contribution in [-0.2, 0) is 6.54 Å². The first-order valence-electron chi connectivity index (χ1n) is 4.87. The van der Waals surface area contributed by atoms with E-state index in [4.69, 9.17) is 5.73 Å². The van der Waals surface area contributed by atoms with Crippen LogP contribution in [0.5, 0.6) is 0 Å². The molecule has 0 spiro atoms. The number of halogens is 1. The van der Waals surface area contributed by atoms with Crippen molar-refractivity contribution in [3.63, 3.8) is 0 Å². The third-order valence-electron chi connectivity index (χ3n) is 2.14. The number of nitrogens with one attached hydrogen (secondary N) is 1. The second-order valence-electron chi connectivity index (χ2n) is 3.38. The zero-order valence-electron chi connectivity index (χ0n) is 8.81. The van der Waals surface area contributed by atoms with Crippen molar-refractivity contribution >= 4 is 38.9 Å². The first kappa shape index (κ1) is 12.1. The molecule has 4 nitrogen and oxygen atoms in total. The first-order chi connectivity index (χ1) is 8.16. The van der Waals surface area contributed by atoms with Crippen LogP contribution in [0.2, 0.25) is 0 Å². The predicted octanol–water partition coefficient (Wildman–Crippen LogP) is 2.42. The van der Waals surface area contributed by atoms with Crippen molar-refractivity contribution in [3.05, 3.63) is 44.8 Å². The van der Waals surface area contributed by atoms with E-state index < -0.39 is 0 Å². The molecule has 0 aliphatic heterocycles. The maximum absolute atomic E-state index is 11.8. The molecule has 2 aromatic rings. The number of amides is 1. The average molecular weight is 312 g/mol. The van der Waals surface area contributed by atoms with E-state index >= 15 is 0 Å². The van der Waals surface area contributed by atoms with Gasteiger partial charge in [0.15, 0.2) is 0 Å². The van der Waals surface area contributed by atoms with E-state index in [1.807, 2.05) is 11.4 Å². The van der Waals surface area contributed by atoms with Crippen LogP contribution in [-0.4, -0.2) is 10.9 Å². The van der Waals surface area contributed by atoms with Crippen molar-refractivity contribution in [2.75, 3.05) is 5.73 Å². The van der Waals surface area contributed by atoms with Crippen LogP contribution >= 0.6 is 27.3 Å². The molecule has 0 radical (unpaired) electrons. The maximum atomic E-state index is 11.8. The average Bonchev–Trinajstić information content (AvgIpc) is 2.73. The molecule has 2 rings (SSSR count). The van der Waals surface area contributed by atoms with Gasteiger partial charge in [-0.25, -0.2) is 0 Å². The molecular weight excluding hydrogens is 302 g/mol. The number of nitrogen functional groups attached to an aromatic ring is 1. The van der Waals surface area contributed by atoms with Crippen molar-refractivity contribution in [2.24, 2.45) is 0 Å². The van der Waals surface area contributed by atoms with Crippen LogP contribution in [0.4, 0.5) is 5.69 Å². The molecule has 17 heavy (non-hydrogen) atoms. The molecule has 1 amide bonds. The summed E-state index contributed by atoms with van der Waals surface area (Å²) in [6.07, 6.45) is 3.02. The third kappa shape index (κ3) is 3.04. The molecule has 0 aromatic carbocycles. The highest BCUT2D eigenvalue weighted by Gasteiger charge is 2.09. The number of hydrogen-bond donors (Lipinski definition) is 2. The minimum absolute atomic E-state index is 0.186. The van der Waals surface area contributed by atoms with Gasteiger partial charge in [0.05, 0.1) is 24.0 Å². The molecular formula is C11H10BrN3OS. The number of aromatic nitrogens is 1. The predicted molar refractivity (Wildman–Crippen MR) is 71.8 cm³/mol. The van der Waals surface area contributed by atoms with Gasteiger partial charge in [-0.3, -0.25) is 9.78 Å². The van der Waals surface area contributed by atoms with Crippen LogP contribution in [0.15, 0.2) is 34.4 Å². The second kappa shape index (κ2) is 5.29. The Kier molecular flexibility index (Phi) is 3.75. The number of anilines is 1. The van der Waals surface area contributed by atoms with E-state index in [1.54, 1.807) is 23.6 Å². The van der Waals surface area contributed by atoms with Crippen LogP contribution < -0.4 is 11.1 Å². The molecule has 3 N–H and O–H groups in total. The summed E-state index contributed by atoms with van der Waals surface area (Å²) < 4.78 is 1.02. The van der Waals surface area contributed by atoms with Crippen LogP contribution in [0.25, 0.3) is 0 Å². The molecule has 2 heterocycles. The highest BCUT2D eigenvalue weighted by molar-refractivity contribution is 9.10. The fourth-order valence-corrected chi connectivity index (χ4v) is 2.71. The third-order valence-corrected chi connectivity index (χ3v) is 3.84. The molecule has 0 saturated heterocycles. The van der Waals surface area contributed by atoms with Gasteiger partial charge in [0, 0.05) is 20.9 Å². The zero-order valence-corrected chi connectivity index (χ0v) is 11.2. The largest absolute Gasteiger partial charge is 0.397 e. The molecule has 6 heteroatoms. The summed E-state index contributed by atoms with van der Waals surface area (Å²) in [5.41, 5.74) is 6.51. The van der Waals surface area contributed by atoms with Crippen LogP contribution in [0.3, 0.4) is 0 Å². The fourth-order valence-electron chi connectivity index (χ4n) is 1.32. The van der Waals surface area contributed by atoms with Crippen LogP contribution in [0, 0.1) is 0 Å². The standard InChI is InChI=1S/C11H10BrN3OS/c12-7-3-8(17-6-7)4-15-11(16)9-1-2-14-5-10(9)13/h1-3,5-6H,4,13H2,(H,15,16). The molecule has 88 valence electrons. The molecule has 2 aromatic heterocycles. The van der Waals surface area contributed by atoms with Crippen molar-refractivity contribution < 1.29 is 4.79 Å². The minimum atomic E-state index is -0.186.